The first-order valence-electron chi connectivity index (χ1n) is 5.41. The van der Waals surface area contributed by atoms with E-state index in [1.807, 2.05) is 13.8 Å². The molecule has 2 heterocycles. The summed E-state index contributed by atoms with van der Waals surface area (Å²) in [6.07, 6.45) is 0. The van der Waals surface area contributed by atoms with E-state index in [0.717, 1.165) is 11.8 Å². The molecule has 10 heteroatoms. The summed E-state index contributed by atoms with van der Waals surface area (Å²) in [4.78, 5) is 23.4. The number of nitrogens with two attached hydrogens (primary N) is 1. The second-order valence-corrected chi connectivity index (χ2v) is 4.77. The van der Waals surface area contributed by atoms with E-state index < -0.39 is 0 Å². The first-order valence-corrected chi connectivity index (χ1v) is 6.23. The van der Waals surface area contributed by atoms with Gasteiger partial charge in [0.15, 0.2) is 5.16 Å². The zero-order chi connectivity index (χ0) is 14.0. The van der Waals surface area contributed by atoms with Gasteiger partial charge in [-0.25, -0.2) is 9.89 Å². The summed E-state index contributed by atoms with van der Waals surface area (Å²) in [6, 6.07) is 0.0822. The van der Waals surface area contributed by atoms with Crippen LogP contribution in [-0.4, -0.2) is 36.8 Å². The lowest BCUT2D eigenvalue weighted by molar-refractivity contribution is 0.374. The summed E-state index contributed by atoms with van der Waals surface area (Å²) in [5, 5.41) is 7.07. The number of anilines is 1. The predicted molar refractivity (Wildman–Crippen MR) is 68.1 cm³/mol. The average Bonchev–Trinajstić information content (AvgIpc) is 2.69. The van der Waals surface area contributed by atoms with Crippen LogP contribution in [0.2, 0.25) is 0 Å². The molecule has 2 aromatic heterocycles. The van der Waals surface area contributed by atoms with Crippen molar-refractivity contribution in [1.82, 2.24) is 29.7 Å². The van der Waals surface area contributed by atoms with Crippen molar-refractivity contribution < 1.29 is 4.74 Å². The van der Waals surface area contributed by atoms with E-state index in [0.29, 0.717) is 10.3 Å². The molecule has 0 fully saturated rings. The number of ether oxygens (including phenoxy) is 1. The molecule has 0 radical (unpaired) electrons. The molecule has 2 rings (SSSR count). The van der Waals surface area contributed by atoms with Gasteiger partial charge < -0.3 is 10.5 Å². The van der Waals surface area contributed by atoms with E-state index >= 15 is 0 Å². The van der Waals surface area contributed by atoms with Gasteiger partial charge in [0.05, 0.1) is 7.11 Å². The molecule has 9 nitrogen and oxygen atoms in total. The third-order valence-corrected chi connectivity index (χ3v) is 3.00. The number of nitrogens with one attached hydrogen (secondary N) is 1. The maximum Gasteiger partial charge on any atom is 0.344 e. The van der Waals surface area contributed by atoms with Gasteiger partial charge in [-0.3, -0.25) is 4.57 Å². The van der Waals surface area contributed by atoms with Crippen LogP contribution in [0.15, 0.2) is 15.1 Å². The number of rotatable bonds is 4. The molecule has 0 aliphatic heterocycles. The van der Waals surface area contributed by atoms with E-state index in [-0.39, 0.29) is 23.7 Å². The molecule has 0 aromatic carbocycles. The van der Waals surface area contributed by atoms with Gasteiger partial charge in [0.25, 0.3) is 0 Å². The van der Waals surface area contributed by atoms with E-state index in [4.69, 9.17) is 10.5 Å². The predicted octanol–water partition coefficient (Wildman–Crippen LogP) is 0.0793. The molecule has 0 spiro atoms. The number of nitrogens with zero attached hydrogens (tertiary/aromatic N) is 5. The average molecular weight is 283 g/mol. The molecule has 0 atom stereocenters. The van der Waals surface area contributed by atoms with Crippen LogP contribution in [0.25, 0.3) is 0 Å². The maximum absolute atomic E-state index is 11.6. The van der Waals surface area contributed by atoms with Gasteiger partial charge in [-0.15, -0.1) is 5.10 Å². The topological polar surface area (TPSA) is 125 Å². The third kappa shape index (κ3) is 2.84. The Bertz CT molecular complexity index is 636. The summed E-state index contributed by atoms with van der Waals surface area (Å²) in [5.74, 6) is 0.0447. The molecule has 3 N–H and O–H groups in total. The minimum absolute atomic E-state index is 0.0326. The van der Waals surface area contributed by atoms with Crippen LogP contribution in [0.1, 0.15) is 19.9 Å². The molecule has 0 amide bonds. The van der Waals surface area contributed by atoms with Crippen molar-refractivity contribution >= 4 is 17.7 Å². The Labute approximate surface area is 112 Å². The molecular weight excluding hydrogens is 270 g/mol. The minimum Gasteiger partial charge on any atom is -0.467 e. The Balaban J connectivity index is 2.36. The molecule has 2 aromatic rings. The molecule has 0 aliphatic carbocycles. The van der Waals surface area contributed by atoms with E-state index in [2.05, 4.69) is 25.1 Å². The lowest BCUT2D eigenvalue weighted by Crippen LogP contribution is -2.19. The van der Waals surface area contributed by atoms with Crippen LogP contribution in [0.5, 0.6) is 6.01 Å². The van der Waals surface area contributed by atoms with Gasteiger partial charge >= 0.3 is 11.7 Å². The molecule has 102 valence electrons. The van der Waals surface area contributed by atoms with Crippen LogP contribution in [0.4, 0.5) is 5.95 Å². The van der Waals surface area contributed by atoms with Crippen LogP contribution in [-0.2, 0) is 0 Å². The van der Waals surface area contributed by atoms with Crippen LogP contribution in [0.3, 0.4) is 0 Å². The highest BCUT2D eigenvalue weighted by Gasteiger charge is 2.15. The number of H-pyrrole nitrogens is 1. The minimum atomic E-state index is -0.286. The van der Waals surface area contributed by atoms with Crippen LogP contribution >= 0.6 is 11.8 Å². The van der Waals surface area contributed by atoms with Crippen molar-refractivity contribution in [2.75, 3.05) is 12.8 Å². The van der Waals surface area contributed by atoms with Gasteiger partial charge in [0.2, 0.25) is 11.1 Å². The molecule has 0 unspecified atom stereocenters. The fraction of sp³-hybridized carbons (Fsp3) is 0.444. The van der Waals surface area contributed by atoms with Crippen molar-refractivity contribution in [1.29, 1.82) is 0 Å². The van der Waals surface area contributed by atoms with Gasteiger partial charge in [-0.05, 0) is 25.6 Å². The van der Waals surface area contributed by atoms with Crippen molar-refractivity contribution in [3.63, 3.8) is 0 Å². The molecule has 0 aliphatic rings. The Morgan fingerprint density at radius 3 is 2.74 bits per heavy atom. The lowest BCUT2D eigenvalue weighted by Gasteiger charge is -2.08. The first kappa shape index (κ1) is 13.3. The highest BCUT2D eigenvalue weighted by Crippen LogP contribution is 2.24. The Morgan fingerprint density at radius 1 is 1.37 bits per heavy atom. The maximum atomic E-state index is 11.6. The monoisotopic (exact) mass is 283 g/mol. The van der Waals surface area contributed by atoms with E-state index in [9.17, 15) is 4.79 Å². The smallest absolute Gasteiger partial charge is 0.344 e. The second kappa shape index (κ2) is 5.26. The highest BCUT2D eigenvalue weighted by atomic mass is 32.2. The second-order valence-electron chi connectivity index (χ2n) is 3.84. The standard InChI is InChI=1S/C9H13N7O2S/c1-4(2)16-8(17)14-15-9(16)19-7-12-5(10)11-6(13-7)18-3/h4H,1-3H3,(H,14,17)(H2,10,11,12,13). The van der Waals surface area contributed by atoms with Crippen molar-refractivity contribution in [3.05, 3.63) is 10.5 Å². The van der Waals surface area contributed by atoms with Crippen molar-refractivity contribution in [2.24, 2.45) is 0 Å². The number of aromatic amines is 1. The summed E-state index contributed by atoms with van der Waals surface area (Å²) in [7, 11) is 1.43. The zero-order valence-electron chi connectivity index (χ0n) is 10.6. The molecule has 19 heavy (non-hydrogen) atoms. The fourth-order valence-electron chi connectivity index (χ4n) is 1.39. The van der Waals surface area contributed by atoms with Gasteiger partial charge in [-0.2, -0.15) is 15.0 Å². The van der Waals surface area contributed by atoms with Crippen molar-refractivity contribution in [3.8, 4) is 6.01 Å². The molecular formula is C9H13N7O2S. The number of hydrogen-bond acceptors (Lipinski definition) is 8. The fourth-order valence-corrected chi connectivity index (χ4v) is 2.30. The number of methoxy groups -OCH3 is 1. The van der Waals surface area contributed by atoms with Crippen LogP contribution < -0.4 is 16.2 Å². The largest absolute Gasteiger partial charge is 0.467 e. The molecule has 0 bridgehead atoms. The normalized spacial score (nSPS) is 10.9. The summed E-state index contributed by atoms with van der Waals surface area (Å²) in [5.41, 5.74) is 5.25. The number of aromatic nitrogens is 6. The van der Waals surface area contributed by atoms with Crippen molar-refractivity contribution in [2.45, 2.75) is 30.2 Å². The number of hydrogen-bond donors (Lipinski definition) is 2. The van der Waals surface area contributed by atoms with Gasteiger partial charge in [-0.1, -0.05) is 0 Å². The number of nitrogen functional groups attached to an aromatic ring is 1. The first-order chi connectivity index (χ1) is 9.01. The van der Waals surface area contributed by atoms with Crippen LogP contribution in [0, 0.1) is 0 Å². The van der Waals surface area contributed by atoms with Gasteiger partial charge in [0.1, 0.15) is 0 Å². The molecule has 0 saturated heterocycles. The quantitative estimate of drug-likeness (QED) is 0.808. The Kier molecular flexibility index (Phi) is 3.69. The Morgan fingerprint density at radius 2 is 2.11 bits per heavy atom. The van der Waals surface area contributed by atoms with Gasteiger partial charge in [0, 0.05) is 6.04 Å². The lowest BCUT2D eigenvalue weighted by atomic mass is 10.4. The zero-order valence-corrected chi connectivity index (χ0v) is 11.4. The SMILES string of the molecule is COc1nc(N)nc(Sc2n[nH]c(=O)n2C(C)C)n1. The summed E-state index contributed by atoms with van der Waals surface area (Å²) < 4.78 is 6.40. The Hall–Kier alpha value is -2.10. The third-order valence-electron chi connectivity index (χ3n) is 2.17. The summed E-state index contributed by atoms with van der Waals surface area (Å²) in [6.45, 7) is 3.76. The molecule has 0 saturated carbocycles. The van der Waals surface area contributed by atoms with E-state index in [1.165, 1.54) is 11.7 Å². The highest BCUT2D eigenvalue weighted by molar-refractivity contribution is 7.99. The van der Waals surface area contributed by atoms with E-state index in [1.54, 1.807) is 0 Å². The summed E-state index contributed by atoms with van der Waals surface area (Å²) >= 11 is 1.11.